The lowest BCUT2D eigenvalue weighted by Gasteiger charge is -2.07. The maximum atomic E-state index is 6.33. The predicted molar refractivity (Wildman–Crippen MR) is 107 cm³/mol. The summed E-state index contributed by atoms with van der Waals surface area (Å²) in [6.45, 7) is 0. The van der Waals surface area contributed by atoms with Crippen molar-refractivity contribution in [1.82, 2.24) is 17.5 Å². The second kappa shape index (κ2) is 6.92. The molecule has 0 bridgehead atoms. The van der Waals surface area contributed by atoms with Crippen LogP contribution in [-0.4, -0.2) is 17.5 Å². The first-order valence-corrected chi connectivity index (χ1v) is 11.2. The average Bonchev–Trinajstić information content (AvgIpc) is 3.18. The third kappa shape index (κ3) is 2.97. The predicted octanol–water partition coefficient (Wildman–Crippen LogP) is 7.11. The van der Waals surface area contributed by atoms with Crippen LogP contribution >= 0.6 is 91.4 Å². The van der Waals surface area contributed by atoms with E-state index in [1.165, 1.54) is 21.6 Å². The van der Waals surface area contributed by atoms with E-state index >= 15 is 0 Å². The second-order valence-electron chi connectivity index (χ2n) is 4.43. The molecular weight excluding hydrogens is 470 g/mol. The molecule has 0 spiro atoms. The maximum absolute atomic E-state index is 6.33. The summed E-state index contributed by atoms with van der Waals surface area (Å²) in [6, 6.07) is 3.33. The van der Waals surface area contributed by atoms with E-state index in [4.69, 9.17) is 46.4 Å². The molecular formula is C12H2Cl4N4S4. The van der Waals surface area contributed by atoms with Crippen molar-refractivity contribution in [3.05, 3.63) is 32.2 Å². The number of hydrogen-bond donors (Lipinski definition) is 0. The first kappa shape index (κ1) is 17.4. The highest BCUT2D eigenvalue weighted by molar-refractivity contribution is 8.76. The van der Waals surface area contributed by atoms with Gasteiger partial charge in [0, 0.05) is 0 Å². The van der Waals surface area contributed by atoms with Gasteiger partial charge in [0.15, 0.2) is 0 Å². The third-order valence-corrected chi connectivity index (χ3v) is 7.96. The van der Waals surface area contributed by atoms with Gasteiger partial charge in [-0.05, 0) is 33.7 Å². The molecule has 0 aliphatic heterocycles. The molecule has 0 aliphatic rings. The Bertz CT molecular complexity index is 994. The molecule has 0 amide bonds. The van der Waals surface area contributed by atoms with E-state index in [-0.39, 0.29) is 0 Å². The first-order chi connectivity index (χ1) is 11.6. The van der Waals surface area contributed by atoms with Gasteiger partial charge in [0.25, 0.3) is 0 Å². The molecule has 12 heteroatoms. The quantitative estimate of drug-likeness (QED) is 0.296. The first-order valence-electron chi connectivity index (χ1n) is 6.11. The minimum Gasteiger partial charge on any atom is -0.172 e. The third-order valence-electron chi connectivity index (χ3n) is 3.01. The molecule has 0 fully saturated rings. The Hall–Kier alpha value is -0.0600. The van der Waals surface area contributed by atoms with Crippen LogP contribution < -0.4 is 0 Å². The molecule has 0 saturated carbocycles. The van der Waals surface area contributed by atoms with E-state index < -0.39 is 0 Å². The van der Waals surface area contributed by atoms with Crippen molar-refractivity contribution in [3.63, 3.8) is 0 Å². The SMILES string of the molecule is Clc1cc(Cl)c2nsnc2c1SSc1c(Cl)cc(Cl)c2nsnc12. The smallest absolute Gasteiger partial charge is 0.124 e. The van der Waals surface area contributed by atoms with E-state index in [0.717, 1.165) is 33.2 Å². The van der Waals surface area contributed by atoms with Crippen LogP contribution in [0.25, 0.3) is 22.1 Å². The number of hydrogen-bond acceptors (Lipinski definition) is 8. The van der Waals surface area contributed by atoms with Gasteiger partial charge in [0.05, 0.1) is 53.3 Å². The fourth-order valence-electron chi connectivity index (χ4n) is 1.95. The second-order valence-corrected chi connectivity index (χ2v) is 9.26. The van der Waals surface area contributed by atoms with Crippen molar-refractivity contribution < 1.29 is 0 Å². The van der Waals surface area contributed by atoms with Gasteiger partial charge in [-0.2, -0.15) is 17.5 Å². The normalized spacial score (nSPS) is 11.7. The number of nitrogens with zero attached hydrogens (tertiary/aromatic N) is 4. The molecule has 0 unspecified atom stereocenters. The summed E-state index contributed by atoms with van der Waals surface area (Å²) >= 11 is 27.1. The fraction of sp³-hybridized carbons (Fsp3) is 0. The molecule has 2 aromatic carbocycles. The number of rotatable bonds is 3. The summed E-state index contributed by atoms with van der Waals surface area (Å²) in [4.78, 5) is 1.55. The maximum Gasteiger partial charge on any atom is 0.124 e. The number of fused-ring (bicyclic) bond motifs is 2. The van der Waals surface area contributed by atoms with E-state index in [1.807, 2.05) is 0 Å². The average molecular weight is 472 g/mol. The highest BCUT2D eigenvalue weighted by atomic mass is 35.5. The largest absolute Gasteiger partial charge is 0.172 e. The monoisotopic (exact) mass is 470 g/mol. The number of benzene rings is 2. The van der Waals surface area contributed by atoms with Crippen LogP contribution in [0, 0.1) is 0 Å². The summed E-state index contributed by atoms with van der Waals surface area (Å²) in [5.41, 5.74) is 2.62. The summed E-state index contributed by atoms with van der Waals surface area (Å²) < 4.78 is 17.0. The molecule has 122 valence electrons. The zero-order chi connectivity index (χ0) is 16.8. The number of aromatic nitrogens is 4. The minimum absolute atomic E-state index is 0.480. The molecule has 0 atom stereocenters. The van der Waals surface area contributed by atoms with Crippen LogP contribution in [0.5, 0.6) is 0 Å². The van der Waals surface area contributed by atoms with Gasteiger partial charge in [-0.3, -0.25) is 0 Å². The van der Waals surface area contributed by atoms with Gasteiger partial charge in [0.2, 0.25) is 0 Å². The highest BCUT2D eigenvalue weighted by Gasteiger charge is 2.19. The van der Waals surface area contributed by atoms with Crippen LogP contribution in [0.1, 0.15) is 0 Å². The van der Waals surface area contributed by atoms with Gasteiger partial charge in [-0.15, -0.1) is 0 Å². The summed E-state index contributed by atoms with van der Waals surface area (Å²) in [6.07, 6.45) is 0. The Balaban J connectivity index is 1.77. The van der Waals surface area contributed by atoms with E-state index in [1.54, 1.807) is 12.1 Å². The van der Waals surface area contributed by atoms with Crippen LogP contribution in [0.3, 0.4) is 0 Å². The van der Waals surface area contributed by atoms with Crippen molar-refractivity contribution in [1.29, 1.82) is 0 Å². The van der Waals surface area contributed by atoms with Crippen molar-refractivity contribution >= 4 is 114 Å². The summed E-state index contributed by atoms with van der Waals surface area (Å²) in [7, 11) is 2.84. The Morgan fingerprint density at radius 3 is 1.38 bits per heavy atom. The molecule has 0 radical (unpaired) electrons. The van der Waals surface area contributed by atoms with Gasteiger partial charge in [0.1, 0.15) is 22.1 Å². The molecule has 4 aromatic rings. The van der Waals surface area contributed by atoms with E-state index in [9.17, 15) is 0 Å². The molecule has 0 N–H and O–H groups in total. The van der Waals surface area contributed by atoms with Gasteiger partial charge in [-0.25, -0.2) is 0 Å². The molecule has 2 heterocycles. The summed E-state index contributed by atoms with van der Waals surface area (Å²) in [5.74, 6) is 0. The minimum atomic E-state index is 0.480. The Kier molecular flexibility index (Phi) is 5.01. The standard InChI is InChI=1S/C12H2Cl4N4S4/c13-3-1-5(15)11(9-7(3)17-23-19-9)21-22-12-6(16)2-4(14)8-10(12)20-24-18-8/h1-2H. The number of halogens is 4. The lowest BCUT2D eigenvalue weighted by atomic mass is 10.3. The van der Waals surface area contributed by atoms with Crippen molar-refractivity contribution in [2.24, 2.45) is 0 Å². The van der Waals surface area contributed by atoms with Crippen molar-refractivity contribution in [2.45, 2.75) is 9.79 Å². The molecule has 0 aliphatic carbocycles. The lowest BCUT2D eigenvalue weighted by Crippen LogP contribution is -1.82. The Morgan fingerprint density at radius 1 is 0.583 bits per heavy atom. The highest BCUT2D eigenvalue weighted by Crippen LogP contribution is 2.49. The topological polar surface area (TPSA) is 51.6 Å². The molecule has 4 rings (SSSR count). The van der Waals surface area contributed by atoms with Crippen LogP contribution in [0.2, 0.25) is 20.1 Å². The van der Waals surface area contributed by atoms with Crippen LogP contribution in [0.15, 0.2) is 21.9 Å². The van der Waals surface area contributed by atoms with E-state index in [0.29, 0.717) is 42.2 Å². The van der Waals surface area contributed by atoms with Gasteiger partial charge >= 0.3 is 0 Å². The summed E-state index contributed by atoms with van der Waals surface area (Å²) in [5, 5.41) is 1.98. The van der Waals surface area contributed by atoms with E-state index in [2.05, 4.69) is 17.5 Å². The fourth-order valence-corrected chi connectivity index (χ4v) is 7.19. The molecule has 4 nitrogen and oxygen atoms in total. The van der Waals surface area contributed by atoms with Gasteiger partial charge in [-0.1, -0.05) is 46.4 Å². The zero-order valence-corrected chi connectivity index (χ0v) is 17.4. The molecule has 2 aromatic heterocycles. The molecule has 0 saturated heterocycles. The van der Waals surface area contributed by atoms with Crippen LogP contribution in [0.4, 0.5) is 0 Å². The lowest BCUT2D eigenvalue weighted by molar-refractivity contribution is 1.48. The van der Waals surface area contributed by atoms with Gasteiger partial charge < -0.3 is 0 Å². The van der Waals surface area contributed by atoms with Crippen molar-refractivity contribution in [3.8, 4) is 0 Å². The Labute approximate surface area is 171 Å². The molecule has 24 heavy (non-hydrogen) atoms. The van der Waals surface area contributed by atoms with Crippen LogP contribution in [-0.2, 0) is 0 Å². The Morgan fingerprint density at radius 2 is 0.958 bits per heavy atom. The zero-order valence-electron chi connectivity index (χ0n) is 11.1. The van der Waals surface area contributed by atoms with Crippen molar-refractivity contribution in [2.75, 3.05) is 0 Å².